The average Bonchev–Trinajstić information content (AvgIpc) is 3.24. The van der Waals surface area contributed by atoms with Crippen LogP contribution < -0.4 is 15.2 Å². The lowest BCUT2D eigenvalue weighted by atomic mass is 10.2. The van der Waals surface area contributed by atoms with Gasteiger partial charge in [-0.2, -0.15) is 4.31 Å². The minimum atomic E-state index is -4.86. The molecular formula is C27H29F3N4O6S. The number of amides is 1. The molecule has 1 aliphatic rings. The van der Waals surface area contributed by atoms with E-state index in [9.17, 15) is 31.2 Å². The van der Waals surface area contributed by atoms with Gasteiger partial charge in [-0.3, -0.25) is 14.5 Å². The molecule has 2 aromatic carbocycles. The van der Waals surface area contributed by atoms with Crippen LogP contribution in [0.5, 0.6) is 11.5 Å². The molecule has 41 heavy (non-hydrogen) atoms. The van der Waals surface area contributed by atoms with Crippen molar-refractivity contribution in [1.82, 2.24) is 13.8 Å². The van der Waals surface area contributed by atoms with Crippen LogP contribution >= 0.6 is 0 Å². The lowest BCUT2D eigenvalue weighted by molar-refractivity contribution is -0.274. The molecule has 1 amide bonds. The van der Waals surface area contributed by atoms with Crippen LogP contribution in [0.1, 0.15) is 32.1 Å². The van der Waals surface area contributed by atoms with Crippen molar-refractivity contribution in [1.29, 1.82) is 0 Å². The van der Waals surface area contributed by atoms with Crippen molar-refractivity contribution < 1.29 is 40.7 Å². The van der Waals surface area contributed by atoms with E-state index < -0.39 is 28.0 Å². The van der Waals surface area contributed by atoms with Gasteiger partial charge >= 0.3 is 6.36 Å². The third-order valence-electron chi connectivity index (χ3n) is 6.79. The third-order valence-corrected chi connectivity index (χ3v) is 8.70. The number of alkyl halides is 3. The maximum Gasteiger partial charge on any atom is 0.573 e. The van der Waals surface area contributed by atoms with E-state index in [4.69, 9.17) is 10.5 Å². The first-order valence-corrected chi connectivity index (χ1v) is 14.0. The molecular weight excluding hydrogens is 565 g/mol. The summed E-state index contributed by atoms with van der Waals surface area (Å²) in [5.41, 5.74) is 6.57. The quantitative estimate of drug-likeness (QED) is 0.358. The van der Waals surface area contributed by atoms with Crippen LogP contribution in [0.15, 0.2) is 59.5 Å². The fourth-order valence-corrected chi connectivity index (χ4v) is 6.08. The van der Waals surface area contributed by atoms with Crippen molar-refractivity contribution in [2.45, 2.75) is 24.7 Å². The second-order valence-electron chi connectivity index (χ2n) is 9.45. The zero-order chi connectivity index (χ0) is 29.9. The number of carbonyl (C=O) groups excluding carboxylic acids is 2. The molecule has 0 spiro atoms. The molecule has 0 radical (unpaired) electrons. The van der Waals surface area contributed by atoms with E-state index in [-0.39, 0.29) is 48.1 Å². The molecule has 2 heterocycles. The van der Waals surface area contributed by atoms with Crippen molar-refractivity contribution in [3.63, 3.8) is 0 Å². The molecule has 14 heteroatoms. The van der Waals surface area contributed by atoms with Gasteiger partial charge in [-0.1, -0.05) is 12.1 Å². The number of benzene rings is 2. The van der Waals surface area contributed by atoms with Gasteiger partial charge in [0.1, 0.15) is 11.5 Å². The van der Waals surface area contributed by atoms with Gasteiger partial charge < -0.3 is 19.8 Å². The van der Waals surface area contributed by atoms with E-state index in [1.807, 2.05) is 0 Å². The molecule has 4 rings (SSSR count). The van der Waals surface area contributed by atoms with E-state index >= 15 is 0 Å². The monoisotopic (exact) mass is 594 g/mol. The number of Topliss-reactive ketones (excluding diaryl/α,β-unsaturated/α-hetero) is 1. The molecule has 0 unspecified atom stereocenters. The molecule has 2 N–H and O–H groups in total. The number of primary amides is 1. The molecule has 0 saturated carbocycles. The fraction of sp³-hybridized carbons (Fsp3) is 0.333. The first kappa shape index (κ1) is 30.1. The summed E-state index contributed by atoms with van der Waals surface area (Å²) in [4.78, 5) is 27.4. The summed E-state index contributed by atoms with van der Waals surface area (Å²) < 4.78 is 76.1. The number of ether oxygens (including phenoxy) is 2. The Hall–Kier alpha value is -3.88. The number of sulfonamides is 1. The van der Waals surface area contributed by atoms with E-state index in [1.165, 1.54) is 46.3 Å². The minimum Gasteiger partial charge on any atom is -0.497 e. The van der Waals surface area contributed by atoms with Crippen LogP contribution in [0.4, 0.5) is 13.2 Å². The van der Waals surface area contributed by atoms with Gasteiger partial charge in [-0.15, -0.1) is 13.2 Å². The smallest absolute Gasteiger partial charge is 0.497 e. The van der Waals surface area contributed by atoms with Crippen LogP contribution in [0.3, 0.4) is 0 Å². The third kappa shape index (κ3) is 7.07. The fourth-order valence-electron chi connectivity index (χ4n) is 4.66. The summed E-state index contributed by atoms with van der Waals surface area (Å²) >= 11 is 0. The molecule has 1 fully saturated rings. The molecule has 220 valence electrons. The lowest BCUT2D eigenvalue weighted by Crippen LogP contribution is -2.49. The van der Waals surface area contributed by atoms with Gasteiger partial charge in [0.05, 0.1) is 29.8 Å². The first-order chi connectivity index (χ1) is 19.3. The Balaban J connectivity index is 1.47. The summed E-state index contributed by atoms with van der Waals surface area (Å²) in [6.45, 7) is 2.44. The van der Waals surface area contributed by atoms with Crippen LogP contribution in [0, 0.1) is 6.92 Å². The van der Waals surface area contributed by atoms with Gasteiger partial charge in [0, 0.05) is 38.4 Å². The van der Waals surface area contributed by atoms with Crippen LogP contribution in [-0.2, 0) is 16.6 Å². The van der Waals surface area contributed by atoms with Crippen molar-refractivity contribution in [3.8, 4) is 11.5 Å². The summed E-state index contributed by atoms with van der Waals surface area (Å²) in [6, 6.07) is 12.8. The second kappa shape index (κ2) is 11.9. The van der Waals surface area contributed by atoms with Gasteiger partial charge in [0.15, 0.2) is 5.78 Å². The topological polar surface area (TPSA) is 124 Å². The van der Waals surface area contributed by atoms with Crippen molar-refractivity contribution in [2.75, 3.05) is 39.8 Å². The number of methoxy groups -OCH3 is 1. The average molecular weight is 595 g/mol. The number of nitrogens with two attached hydrogens (primary N) is 1. The predicted octanol–water partition coefficient (Wildman–Crippen LogP) is 3.04. The number of aromatic nitrogens is 1. The van der Waals surface area contributed by atoms with Crippen LogP contribution in [0.2, 0.25) is 0 Å². The van der Waals surface area contributed by atoms with Crippen LogP contribution in [-0.4, -0.2) is 80.1 Å². The highest BCUT2D eigenvalue weighted by atomic mass is 32.2. The normalized spacial score (nSPS) is 15.0. The van der Waals surface area contributed by atoms with E-state index in [0.29, 0.717) is 30.1 Å². The molecule has 1 aromatic heterocycles. The number of hydrogen-bond donors (Lipinski definition) is 1. The van der Waals surface area contributed by atoms with Gasteiger partial charge in [-0.25, -0.2) is 8.42 Å². The lowest BCUT2D eigenvalue weighted by Gasteiger charge is -2.33. The summed E-state index contributed by atoms with van der Waals surface area (Å²) in [7, 11) is -2.24. The minimum absolute atomic E-state index is 0.0108. The molecule has 10 nitrogen and oxygen atoms in total. The number of rotatable bonds is 10. The zero-order valence-corrected chi connectivity index (χ0v) is 23.2. The number of piperazine rings is 1. The summed E-state index contributed by atoms with van der Waals surface area (Å²) in [5.74, 6) is -0.976. The Labute approximate surface area is 235 Å². The number of carbonyl (C=O) groups is 2. The predicted molar refractivity (Wildman–Crippen MR) is 142 cm³/mol. The van der Waals surface area contributed by atoms with Crippen molar-refractivity contribution >= 4 is 21.7 Å². The molecule has 1 saturated heterocycles. The number of halogens is 3. The SMILES string of the molecule is COc1ccc(S(=O)(=O)N2CCN(CC(=O)c3cc(C(N)=O)c(C)n3Cc3cccc(OC(F)(F)F)c3)CC2)cc1. The molecule has 0 atom stereocenters. The van der Waals surface area contributed by atoms with Gasteiger partial charge in [0.2, 0.25) is 10.0 Å². The second-order valence-corrected chi connectivity index (χ2v) is 11.4. The largest absolute Gasteiger partial charge is 0.573 e. The Morgan fingerprint density at radius 1 is 0.976 bits per heavy atom. The number of hydrogen-bond acceptors (Lipinski definition) is 7. The Kier molecular flexibility index (Phi) is 8.75. The first-order valence-electron chi connectivity index (χ1n) is 12.5. The number of nitrogens with zero attached hydrogens (tertiary/aromatic N) is 3. The summed E-state index contributed by atoms with van der Waals surface area (Å²) in [6.07, 6.45) is -4.86. The van der Waals surface area contributed by atoms with Gasteiger partial charge in [0.25, 0.3) is 5.91 Å². The maximum atomic E-state index is 13.4. The van der Waals surface area contributed by atoms with Crippen molar-refractivity contribution in [2.24, 2.45) is 5.73 Å². The van der Waals surface area contributed by atoms with E-state index in [1.54, 1.807) is 30.0 Å². The van der Waals surface area contributed by atoms with Crippen LogP contribution in [0.25, 0.3) is 0 Å². The molecule has 0 aliphatic carbocycles. The highest BCUT2D eigenvalue weighted by Crippen LogP contribution is 2.26. The standard InChI is InChI=1S/C27H29F3N4O6S/c1-18-23(26(31)36)15-24(34(18)16-19-4-3-5-21(14-19)40-27(28,29)30)25(35)17-32-10-12-33(13-11-32)41(37,38)22-8-6-20(39-2)7-9-22/h3-9,14-15H,10-13,16-17H2,1-2H3,(H2,31,36). The highest BCUT2D eigenvalue weighted by Gasteiger charge is 2.32. The van der Waals surface area contributed by atoms with Crippen molar-refractivity contribution in [3.05, 3.63) is 77.1 Å². The maximum absolute atomic E-state index is 13.4. The Bertz CT molecular complexity index is 1530. The summed E-state index contributed by atoms with van der Waals surface area (Å²) in [5, 5.41) is 0. The Morgan fingerprint density at radius 2 is 1.63 bits per heavy atom. The van der Waals surface area contributed by atoms with E-state index in [0.717, 1.165) is 6.07 Å². The zero-order valence-electron chi connectivity index (χ0n) is 22.3. The number of ketones is 1. The Morgan fingerprint density at radius 3 is 2.22 bits per heavy atom. The van der Waals surface area contributed by atoms with E-state index in [2.05, 4.69) is 4.74 Å². The highest BCUT2D eigenvalue weighted by molar-refractivity contribution is 7.89. The molecule has 0 bridgehead atoms. The molecule has 1 aliphatic heterocycles. The van der Waals surface area contributed by atoms with Gasteiger partial charge in [-0.05, 0) is 55.0 Å². The molecule has 3 aromatic rings.